The normalized spacial score (nSPS) is 23.1. The molecule has 0 aromatic carbocycles. The fourth-order valence-electron chi connectivity index (χ4n) is 2.71. The van der Waals surface area contributed by atoms with Gasteiger partial charge in [-0.1, -0.05) is 13.0 Å². The van der Waals surface area contributed by atoms with Gasteiger partial charge < -0.3 is 10.6 Å². The van der Waals surface area contributed by atoms with E-state index >= 15 is 0 Å². The van der Waals surface area contributed by atoms with Crippen molar-refractivity contribution in [2.75, 3.05) is 6.54 Å². The molecule has 1 amide bonds. The molecule has 1 fully saturated rings. The summed E-state index contributed by atoms with van der Waals surface area (Å²) in [4.78, 5) is 16.3. The summed E-state index contributed by atoms with van der Waals surface area (Å²) in [6.07, 6.45) is 6.05. The van der Waals surface area contributed by atoms with E-state index in [2.05, 4.69) is 22.5 Å². The average molecular weight is 261 g/mol. The number of hydrogen-bond acceptors (Lipinski definition) is 3. The van der Waals surface area contributed by atoms with Gasteiger partial charge in [0.1, 0.15) is 5.69 Å². The maximum Gasteiger partial charge on any atom is 0.270 e. The Hall–Kier alpha value is -1.42. The van der Waals surface area contributed by atoms with Crippen molar-refractivity contribution < 1.29 is 4.79 Å². The van der Waals surface area contributed by atoms with Crippen LogP contribution in [0.15, 0.2) is 18.3 Å². The highest BCUT2D eigenvalue weighted by Gasteiger charge is 2.22. The first kappa shape index (κ1) is 14.0. The molecule has 1 saturated carbocycles. The summed E-state index contributed by atoms with van der Waals surface area (Å²) >= 11 is 0. The Morgan fingerprint density at radius 2 is 2.00 bits per heavy atom. The third-order valence-electron chi connectivity index (χ3n) is 3.78. The third kappa shape index (κ3) is 3.77. The van der Waals surface area contributed by atoms with E-state index in [-0.39, 0.29) is 5.91 Å². The van der Waals surface area contributed by atoms with Gasteiger partial charge >= 0.3 is 0 Å². The monoisotopic (exact) mass is 261 g/mol. The van der Waals surface area contributed by atoms with E-state index in [1.807, 2.05) is 19.1 Å². The molecule has 0 bridgehead atoms. The van der Waals surface area contributed by atoms with E-state index in [4.69, 9.17) is 0 Å². The highest BCUT2D eigenvalue weighted by Crippen LogP contribution is 2.19. The van der Waals surface area contributed by atoms with Crippen LogP contribution < -0.4 is 10.6 Å². The molecule has 0 atom stereocenters. The maximum atomic E-state index is 12.2. The Morgan fingerprint density at radius 3 is 2.63 bits per heavy atom. The van der Waals surface area contributed by atoms with E-state index < -0.39 is 0 Å². The molecule has 0 saturated heterocycles. The lowest BCUT2D eigenvalue weighted by Crippen LogP contribution is -2.42. The van der Waals surface area contributed by atoms with Gasteiger partial charge in [-0.2, -0.15) is 0 Å². The first-order valence-electron chi connectivity index (χ1n) is 7.16. The third-order valence-corrected chi connectivity index (χ3v) is 3.78. The first-order valence-corrected chi connectivity index (χ1v) is 7.16. The summed E-state index contributed by atoms with van der Waals surface area (Å²) < 4.78 is 0. The molecule has 4 nitrogen and oxygen atoms in total. The number of aryl methyl sites for hydroxylation is 1. The smallest absolute Gasteiger partial charge is 0.270 e. The summed E-state index contributed by atoms with van der Waals surface area (Å²) in [5.74, 6) is -0.0370. The molecule has 1 aromatic heterocycles. The SMILES string of the molecule is CCNC1CCC(NC(=O)c2ncccc2C)CC1. The van der Waals surface area contributed by atoms with Crippen LogP contribution >= 0.6 is 0 Å². The first-order chi connectivity index (χ1) is 9.20. The number of nitrogens with zero attached hydrogens (tertiary/aromatic N) is 1. The number of carbonyl (C=O) groups excluding carboxylic acids is 1. The van der Waals surface area contributed by atoms with Crippen LogP contribution in [-0.2, 0) is 0 Å². The molecule has 104 valence electrons. The van der Waals surface area contributed by atoms with E-state index in [0.29, 0.717) is 17.8 Å². The van der Waals surface area contributed by atoms with Crippen molar-refractivity contribution in [1.82, 2.24) is 15.6 Å². The van der Waals surface area contributed by atoms with E-state index in [1.54, 1.807) is 6.20 Å². The van der Waals surface area contributed by atoms with Gasteiger partial charge in [0.2, 0.25) is 0 Å². The van der Waals surface area contributed by atoms with Crippen molar-refractivity contribution in [2.45, 2.75) is 51.6 Å². The highest BCUT2D eigenvalue weighted by molar-refractivity contribution is 5.93. The topological polar surface area (TPSA) is 54.0 Å². The number of nitrogens with one attached hydrogen (secondary N) is 2. The molecule has 0 spiro atoms. The Morgan fingerprint density at radius 1 is 1.32 bits per heavy atom. The van der Waals surface area contributed by atoms with Gasteiger partial charge in [-0.3, -0.25) is 9.78 Å². The highest BCUT2D eigenvalue weighted by atomic mass is 16.1. The summed E-state index contributed by atoms with van der Waals surface area (Å²) in [5.41, 5.74) is 1.48. The van der Waals surface area contributed by atoms with E-state index in [9.17, 15) is 4.79 Å². The Balaban J connectivity index is 1.86. The second kappa shape index (κ2) is 6.66. The van der Waals surface area contributed by atoms with Crippen LogP contribution in [0.2, 0.25) is 0 Å². The zero-order chi connectivity index (χ0) is 13.7. The second-order valence-electron chi connectivity index (χ2n) is 5.25. The molecule has 2 N–H and O–H groups in total. The van der Waals surface area contributed by atoms with E-state index in [1.165, 1.54) is 0 Å². The Labute approximate surface area is 115 Å². The van der Waals surface area contributed by atoms with E-state index in [0.717, 1.165) is 37.8 Å². The van der Waals surface area contributed by atoms with Crippen molar-refractivity contribution >= 4 is 5.91 Å². The molecular formula is C15H23N3O. The summed E-state index contributed by atoms with van der Waals surface area (Å²) in [5, 5.41) is 6.58. The van der Waals surface area contributed by atoms with Gasteiger partial charge in [0.15, 0.2) is 0 Å². The van der Waals surface area contributed by atoms with Gasteiger partial charge in [-0.25, -0.2) is 0 Å². The van der Waals surface area contributed by atoms with Crippen LogP contribution in [0, 0.1) is 6.92 Å². The zero-order valence-corrected chi connectivity index (χ0v) is 11.8. The van der Waals surface area contributed by atoms with Crippen molar-refractivity contribution in [1.29, 1.82) is 0 Å². The summed E-state index contributed by atoms with van der Waals surface area (Å²) in [6, 6.07) is 4.69. The molecule has 19 heavy (non-hydrogen) atoms. The minimum atomic E-state index is -0.0370. The fourth-order valence-corrected chi connectivity index (χ4v) is 2.71. The number of hydrogen-bond donors (Lipinski definition) is 2. The summed E-state index contributed by atoms with van der Waals surface area (Å²) in [7, 11) is 0. The largest absolute Gasteiger partial charge is 0.348 e. The molecule has 1 aliphatic carbocycles. The van der Waals surface area contributed by atoms with Gasteiger partial charge in [0.25, 0.3) is 5.91 Å². The molecule has 0 unspecified atom stereocenters. The molecule has 1 aromatic rings. The Bertz CT molecular complexity index is 425. The predicted octanol–water partition coefficient (Wildman–Crippen LogP) is 2.04. The molecule has 1 aliphatic rings. The average Bonchev–Trinajstić information content (AvgIpc) is 2.42. The quantitative estimate of drug-likeness (QED) is 0.872. The van der Waals surface area contributed by atoms with Crippen molar-refractivity contribution in [3.8, 4) is 0 Å². The Kier molecular flexibility index (Phi) is 4.91. The molecular weight excluding hydrogens is 238 g/mol. The predicted molar refractivity (Wildman–Crippen MR) is 76.2 cm³/mol. The number of aromatic nitrogens is 1. The molecule has 1 heterocycles. The van der Waals surface area contributed by atoms with Crippen LogP contribution in [0.1, 0.15) is 48.7 Å². The van der Waals surface area contributed by atoms with Crippen LogP contribution in [0.25, 0.3) is 0 Å². The van der Waals surface area contributed by atoms with Gasteiger partial charge in [-0.05, 0) is 50.8 Å². The van der Waals surface area contributed by atoms with Gasteiger partial charge in [-0.15, -0.1) is 0 Å². The lowest BCUT2D eigenvalue weighted by atomic mass is 9.91. The standard InChI is InChI=1S/C15H23N3O/c1-3-16-12-6-8-13(9-7-12)18-15(19)14-11(2)5-4-10-17-14/h4-5,10,12-13,16H,3,6-9H2,1-2H3,(H,18,19). The van der Waals surface area contributed by atoms with Crippen molar-refractivity contribution in [3.63, 3.8) is 0 Å². The zero-order valence-electron chi connectivity index (χ0n) is 11.8. The number of pyridine rings is 1. The maximum absolute atomic E-state index is 12.2. The minimum Gasteiger partial charge on any atom is -0.348 e. The fraction of sp³-hybridized carbons (Fsp3) is 0.600. The van der Waals surface area contributed by atoms with Crippen LogP contribution in [0.3, 0.4) is 0 Å². The molecule has 2 rings (SSSR count). The molecule has 0 radical (unpaired) electrons. The lowest BCUT2D eigenvalue weighted by Gasteiger charge is -2.29. The van der Waals surface area contributed by atoms with Gasteiger partial charge in [0, 0.05) is 18.3 Å². The molecule has 4 heteroatoms. The number of amides is 1. The number of carbonyl (C=O) groups is 1. The van der Waals surface area contributed by atoms with Crippen LogP contribution in [0.5, 0.6) is 0 Å². The molecule has 0 aliphatic heterocycles. The van der Waals surface area contributed by atoms with Crippen LogP contribution in [0.4, 0.5) is 0 Å². The number of rotatable bonds is 4. The van der Waals surface area contributed by atoms with Gasteiger partial charge in [0.05, 0.1) is 0 Å². The van der Waals surface area contributed by atoms with Crippen molar-refractivity contribution in [2.24, 2.45) is 0 Å². The lowest BCUT2D eigenvalue weighted by molar-refractivity contribution is 0.0918. The second-order valence-corrected chi connectivity index (χ2v) is 5.25. The minimum absolute atomic E-state index is 0.0370. The van der Waals surface area contributed by atoms with Crippen molar-refractivity contribution in [3.05, 3.63) is 29.6 Å². The van der Waals surface area contributed by atoms with Crippen LogP contribution in [-0.4, -0.2) is 29.5 Å². The summed E-state index contributed by atoms with van der Waals surface area (Å²) in [6.45, 7) is 5.08.